The SMILES string of the molecule is COCCN(CCOCCC(C)C)CCC(N)=S. The van der Waals surface area contributed by atoms with Gasteiger partial charge < -0.3 is 15.2 Å². The van der Waals surface area contributed by atoms with Crippen molar-refractivity contribution in [1.29, 1.82) is 0 Å². The van der Waals surface area contributed by atoms with Crippen LogP contribution in [-0.4, -0.2) is 56.5 Å². The molecule has 0 aromatic carbocycles. The molecule has 0 unspecified atom stereocenters. The van der Waals surface area contributed by atoms with Crippen molar-refractivity contribution in [1.82, 2.24) is 4.90 Å². The predicted molar refractivity (Wildman–Crippen MR) is 80.0 cm³/mol. The van der Waals surface area contributed by atoms with Gasteiger partial charge in [0.2, 0.25) is 0 Å². The van der Waals surface area contributed by atoms with E-state index in [0.29, 0.717) is 10.9 Å². The molecule has 0 fully saturated rings. The lowest BCUT2D eigenvalue weighted by Crippen LogP contribution is -2.33. The highest BCUT2D eigenvalue weighted by Gasteiger charge is 2.05. The van der Waals surface area contributed by atoms with Crippen LogP contribution in [0.2, 0.25) is 0 Å². The van der Waals surface area contributed by atoms with Crippen LogP contribution in [0.25, 0.3) is 0 Å². The van der Waals surface area contributed by atoms with Gasteiger partial charge in [0.15, 0.2) is 0 Å². The molecular weight excluding hydrogens is 248 g/mol. The largest absolute Gasteiger partial charge is 0.393 e. The maximum Gasteiger partial charge on any atom is 0.0740 e. The van der Waals surface area contributed by atoms with E-state index in [1.54, 1.807) is 7.11 Å². The van der Waals surface area contributed by atoms with Gasteiger partial charge in [-0.3, -0.25) is 4.90 Å². The third kappa shape index (κ3) is 12.2. The molecule has 0 saturated carbocycles. The van der Waals surface area contributed by atoms with Crippen LogP contribution >= 0.6 is 12.2 Å². The molecule has 4 nitrogen and oxygen atoms in total. The molecule has 108 valence electrons. The first-order valence-corrected chi connectivity index (χ1v) is 7.04. The first-order chi connectivity index (χ1) is 8.56. The number of ether oxygens (including phenoxy) is 2. The summed E-state index contributed by atoms with van der Waals surface area (Å²) in [5.41, 5.74) is 5.52. The Morgan fingerprint density at radius 1 is 1.17 bits per heavy atom. The first kappa shape index (κ1) is 17.8. The van der Waals surface area contributed by atoms with Crippen LogP contribution < -0.4 is 5.73 Å². The Bertz CT molecular complexity index is 213. The minimum Gasteiger partial charge on any atom is -0.393 e. The Morgan fingerprint density at radius 2 is 1.83 bits per heavy atom. The quantitative estimate of drug-likeness (QED) is 0.434. The van der Waals surface area contributed by atoms with E-state index in [1.807, 2.05) is 0 Å². The molecule has 0 aliphatic rings. The Morgan fingerprint density at radius 3 is 2.39 bits per heavy atom. The van der Waals surface area contributed by atoms with Crippen LogP contribution in [0.5, 0.6) is 0 Å². The standard InChI is InChI=1S/C13H28N2O2S/c1-12(2)5-9-17-11-8-15(7-10-16-3)6-4-13(14)18/h12H,4-11H2,1-3H3,(H2,14,18). The monoisotopic (exact) mass is 276 g/mol. The Labute approximate surface area is 117 Å². The summed E-state index contributed by atoms with van der Waals surface area (Å²) in [7, 11) is 1.71. The topological polar surface area (TPSA) is 47.7 Å². The molecule has 0 bridgehead atoms. The van der Waals surface area contributed by atoms with Crippen molar-refractivity contribution in [2.24, 2.45) is 11.7 Å². The number of hydrogen-bond acceptors (Lipinski definition) is 4. The number of methoxy groups -OCH3 is 1. The van der Waals surface area contributed by atoms with Gasteiger partial charge in [-0.2, -0.15) is 0 Å². The van der Waals surface area contributed by atoms with Gasteiger partial charge in [-0.05, 0) is 12.3 Å². The zero-order valence-electron chi connectivity index (χ0n) is 12.0. The second-order valence-electron chi connectivity index (χ2n) is 4.85. The minimum atomic E-state index is 0.568. The van der Waals surface area contributed by atoms with Crippen molar-refractivity contribution in [3.8, 4) is 0 Å². The Hall–Kier alpha value is -0.230. The minimum absolute atomic E-state index is 0.568. The lowest BCUT2D eigenvalue weighted by atomic mass is 10.1. The van der Waals surface area contributed by atoms with Crippen LogP contribution in [0, 0.1) is 5.92 Å². The number of rotatable bonds is 12. The summed E-state index contributed by atoms with van der Waals surface area (Å²) < 4.78 is 10.7. The van der Waals surface area contributed by atoms with E-state index in [0.717, 1.165) is 52.3 Å². The zero-order valence-corrected chi connectivity index (χ0v) is 12.8. The van der Waals surface area contributed by atoms with Crippen LogP contribution in [0.3, 0.4) is 0 Å². The normalized spacial score (nSPS) is 11.4. The Kier molecular flexibility index (Phi) is 11.7. The van der Waals surface area contributed by atoms with Crippen molar-refractivity contribution >= 4 is 17.2 Å². The highest BCUT2D eigenvalue weighted by Crippen LogP contribution is 1.99. The summed E-state index contributed by atoms with van der Waals surface area (Å²) in [4.78, 5) is 2.84. The molecule has 0 heterocycles. The molecule has 0 aromatic rings. The lowest BCUT2D eigenvalue weighted by Gasteiger charge is -2.21. The summed E-state index contributed by atoms with van der Waals surface area (Å²) in [6.07, 6.45) is 1.87. The highest BCUT2D eigenvalue weighted by atomic mass is 32.1. The maximum atomic E-state index is 5.62. The summed E-state index contributed by atoms with van der Waals surface area (Å²) in [5.74, 6) is 0.698. The van der Waals surface area contributed by atoms with Crippen molar-refractivity contribution in [3.05, 3.63) is 0 Å². The van der Waals surface area contributed by atoms with Crippen LogP contribution in [0.1, 0.15) is 26.7 Å². The van der Waals surface area contributed by atoms with E-state index in [9.17, 15) is 0 Å². The van der Waals surface area contributed by atoms with Gasteiger partial charge in [0.05, 0.1) is 18.2 Å². The molecule has 0 spiro atoms. The van der Waals surface area contributed by atoms with E-state index in [-0.39, 0.29) is 0 Å². The summed E-state index contributed by atoms with van der Waals surface area (Å²) in [5, 5.41) is 0. The molecule has 0 aliphatic heterocycles. The van der Waals surface area contributed by atoms with Gasteiger partial charge in [0.25, 0.3) is 0 Å². The lowest BCUT2D eigenvalue weighted by molar-refractivity contribution is 0.0840. The van der Waals surface area contributed by atoms with Crippen LogP contribution in [0.4, 0.5) is 0 Å². The third-order valence-corrected chi connectivity index (χ3v) is 2.88. The van der Waals surface area contributed by atoms with E-state index in [4.69, 9.17) is 27.4 Å². The number of hydrogen-bond donors (Lipinski definition) is 1. The average Bonchev–Trinajstić information content (AvgIpc) is 2.30. The predicted octanol–water partition coefficient (Wildman–Crippen LogP) is 1.67. The van der Waals surface area contributed by atoms with Crippen molar-refractivity contribution in [2.75, 3.05) is 46.6 Å². The fourth-order valence-corrected chi connectivity index (χ4v) is 1.53. The molecule has 0 aromatic heterocycles. The van der Waals surface area contributed by atoms with Gasteiger partial charge in [0.1, 0.15) is 0 Å². The molecule has 5 heteroatoms. The molecule has 0 aliphatic carbocycles. The molecule has 0 saturated heterocycles. The Balaban J connectivity index is 3.67. The first-order valence-electron chi connectivity index (χ1n) is 6.63. The van der Waals surface area contributed by atoms with Gasteiger partial charge in [-0.1, -0.05) is 26.1 Å². The third-order valence-electron chi connectivity index (χ3n) is 2.68. The molecule has 0 amide bonds. The highest BCUT2D eigenvalue weighted by molar-refractivity contribution is 7.80. The van der Waals surface area contributed by atoms with E-state index >= 15 is 0 Å². The molecule has 18 heavy (non-hydrogen) atoms. The molecule has 0 rings (SSSR count). The second-order valence-corrected chi connectivity index (χ2v) is 5.37. The van der Waals surface area contributed by atoms with Crippen LogP contribution in [0.15, 0.2) is 0 Å². The number of nitrogens with two attached hydrogens (primary N) is 1. The summed E-state index contributed by atoms with van der Waals surface area (Å²) in [6.45, 7) is 9.41. The van der Waals surface area contributed by atoms with Crippen molar-refractivity contribution in [3.63, 3.8) is 0 Å². The van der Waals surface area contributed by atoms with Gasteiger partial charge in [-0.15, -0.1) is 0 Å². The molecular formula is C13H28N2O2S. The summed E-state index contributed by atoms with van der Waals surface area (Å²) >= 11 is 4.90. The second kappa shape index (κ2) is 11.8. The summed E-state index contributed by atoms with van der Waals surface area (Å²) in [6, 6.07) is 0. The average molecular weight is 276 g/mol. The molecule has 0 radical (unpaired) electrons. The van der Waals surface area contributed by atoms with Crippen molar-refractivity contribution in [2.45, 2.75) is 26.7 Å². The maximum absolute atomic E-state index is 5.62. The van der Waals surface area contributed by atoms with Crippen LogP contribution in [-0.2, 0) is 9.47 Å². The number of nitrogens with zero attached hydrogens (tertiary/aromatic N) is 1. The molecule has 0 atom stereocenters. The fourth-order valence-electron chi connectivity index (χ4n) is 1.44. The van der Waals surface area contributed by atoms with E-state index in [1.165, 1.54) is 0 Å². The van der Waals surface area contributed by atoms with Gasteiger partial charge in [0, 0.05) is 39.8 Å². The van der Waals surface area contributed by atoms with Gasteiger partial charge in [-0.25, -0.2) is 0 Å². The zero-order chi connectivity index (χ0) is 13.8. The van der Waals surface area contributed by atoms with E-state index in [2.05, 4.69) is 18.7 Å². The van der Waals surface area contributed by atoms with E-state index < -0.39 is 0 Å². The smallest absolute Gasteiger partial charge is 0.0740 e. The fraction of sp³-hybridized carbons (Fsp3) is 0.923. The van der Waals surface area contributed by atoms with Crippen molar-refractivity contribution < 1.29 is 9.47 Å². The molecule has 2 N–H and O–H groups in total. The number of thiocarbonyl (C=S) groups is 1. The van der Waals surface area contributed by atoms with Gasteiger partial charge >= 0.3 is 0 Å².